The number of amides is 7. The zero-order valence-corrected chi connectivity index (χ0v) is 40.6. The molecular formula is C50H76N6O10. The van der Waals surface area contributed by atoms with Gasteiger partial charge in [-0.05, 0) is 75.2 Å². The fraction of sp³-hybridized carbons (Fsp3) is 0.700. The Hall–Kier alpha value is -4.67. The van der Waals surface area contributed by atoms with Gasteiger partial charge in [-0.15, -0.1) is 0 Å². The summed E-state index contributed by atoms with van der Waals surface area (Å²) in [4.78, 5) is 101. The first-order chi connectivity index (χ1) is 31.4. The van der Waals surface area contributed by atoms with Crippen LogP contribution >= 0.6 is 0 Å². The van der Waals surface area contributed by atoms with Crippen molar-refractivity contribution in [2.45, 2.75) is 167 Å². The summed E-state index contributed by atoms with van der Waals surface area (Å²) in [6, 6.07) is 6.03. The van der Waals surface area contributed by atoms with E-state index in [1.54, 1.807) is 42.7 Å². The molecule has 0 aromatic heterocycles. The van der Waals surface area contributed by atoms with Gasteiger partial charge in [-0.1, -0.05) is 77.8 Å². The van der Waals surface area contributed by atoms with Gasteiger partial charge < -0.3 is 39.9 Å². The second-order valence-electron chi connectivity index (χ2n) is 19.4. The molecule has 0 spiro atoms. The van der Waals surface area contributed by atoms with E-state index in [0.717, 1.165) is 25.7 Å². The Bertz CT molecular complexity index is 1880. The second kappa shape index (κ2) is 23.9. The number of aliphatic hydroxyl groups excluding tert-OH is 1. The summed E-state index contributed by atoms with van der Waals surface area (Å²) in [6.07, 6.45) is 6.76. The van der Waals surface area contributed by atoms with E-state index in [1.807, 2.05) is 58.0 Å². The molecule has 2 saturated heterocycles. The quantitative estimate of drug-likeness (QED) is 0.100. The molecule has 7 amide bonds. The maximum atomic E-state index is 14.7. The second-order valence-corrected chi connectivity index (χ2v) is 19.4. The number of piperidine rings is 1. The van der Waals surface area contributed by atoms with Crippen molar-refractivity contribution in [1.82, 2.24) is 30.2 Å². The van der Waals surface area contributed by atoms with Crippen LogP contribution in [0.15, 0.2) is 42.5 Å². The van der Waals surface area contributed by atoms with Crippen LogP contribution in [0.25, 0.3) is 0 Å². The predicted molar refractivity (Wildman–Crippen MR) is 248 cm³/mol. The highest BCUT2D eigenvalue weighted by Gasteiger charge is 2.52. The SMILES string of the molecule is CC[C@H](C)[C@@H]([C@H](CC(=O)N1CCC[C@H]1[C@H](OC)[C@@H](C)C(=O)N[C@H](C)[C@H](O)c1ccccc1)OC)N(C)C(=O)[C@@H](NC(=O)[C@@H]1[C@H]2CC[C@H](C2)N1C(=O)CCCCCN1C(=O)C=CC1=O)C(C)C. The minimum Gasteiger partial charge on any atom is -0.386 e. The largest absolute Gasteiger partial charge is 0.386 e. The molecule has 3 aliphatic heterocycles. The normalized spacial score (nSPS) is 24.0. The molecule has 1 aromatic carbocycles. The average Bonchev–Trinajstić information content (AvgIpc) is 4.13. The van der Waals surface area contributed by atoms with Gasteiger partial charge in [-0.2, -0.15) is 0 Å². The molecule has 16 nitrogen and oxygen atoms in total. The van der Waals surface area contributed by atoms with Crippen molar-refractivity contribution in [3.63, 3.8) is 0 Å². The van der Waals surface area contributed by atoms with Gasteiger partial charge in [0.2, 0.25) is 29.5 Å². The number of imide groups is 1. The number of likely N-dealkylation sites (N-methyl/N-ethyl adjacent to an activating group) is 1. The molecular weight excluding hydrogens is 845 g/mol. The van der Waals surface area contributed by atoms with E-state index in [1.165, 1.54) is 24.2 Å². The summed E-state index contributed by atoms with van der Waals surface area (Å²) >= 11 is 0. The van der Waals surface area contributed by atoms with Gasteiger partial charge in [0.05, 0.1) is 48.8 Å². The Morgan fingerprint density at radius 2 is 1.56 bits per heavy atom. The molecule has 1 aliphatic carbocycles. The van der Waals surface area contributed by atoms with Gasteiger partial charge in [0.15, 0.2) is 0 Å². The molecule has 3 N–H and O–H groups in total. The number of hydrogen-bond acceptors (Lipinski definition) is 10. The van der Waals surface area contributed by atoms with Crippen molar-refractivity contribution < 1.29 is 48.1 Å². The summed E-state index contributed by atoms with van der Waals surface area (Å²) in [7, 11) is 4.78. The highest BCUT2D eigenvalue weighted by Crippen LogP contribution is 2.43. The number of methoxy groups -OCH3 is 2. The third-order valence-electron chi connectivity index (χ3n) is 14.8. The van der Waals surface area contributed by atoms with Crippen LogP contribution in [0.5, 0.6) is 0 Å². The first kappa shape index (κ1) is 52.3. The molecule has 2 bridgehead atoms. The van der Waals surface area contributed by atoms with Crippen LogP contribution in [-0.2, 0) is 43.0 Å². The molecule has 66 heavy (non-hydrogen) atoms. The van der Waals surface area contributed by atoms with E-state index >= 15 is 0 Å². The number of aliphatic hydroxyl groups is 1. The number of nitrogens with one attached hydrogen (secondary N) is 2. The lowest BCUT2D eigenvalue weighted by atomic mass is 9.89. The van der Waals surface area contributed by atoms with Crippen molar-refractivity contribution in [2.24, 2.45) is 23.7 Å². The van der Waals surface area contributed by atoms with Crippen molar-refractivity contribution in [3.05, 3.63) is 48.0 Å². The highest BCUT2D eigenvalue weighted by molar-refractivity contribution is 6.12. The molecule has 4 aliphatic rings. The Morgan fingerprint density at radius 3 is 2.18 bits per heavy atom. The third kappa shape index (κ3) is 12.1. The van der Waals surface area contributed by atoms with Gasteiger partial charge in [0.25, 0.3) is 11.8 Å². The average molecular weight is 921 g/mol. The van der Waals surface area contributed by atoms with Gasteiger partial charge in [0.1, 0.15) is 12.1 Å². The third-order valence-corrected chi connectivity index (χ3v) is 14.8. The predicted octanol–water partition coefficient (Wildman–Crippen LogP) is 4.15. The van der Waals surface area contributed by atoms with Crippen molar-refractivity contribution in [1.29, 1.82) is 0 Å². The Kier molecular flexibility index (Phi) is 18.9. The van der Waals surface area contributed by atoms with Crippen molar-refractivity contribution >= 4 is 41.4 Å². The first-order valence-corrected chi connectivity index (χ1v) is 24.3. The Balaban J connectivity index is 1.22. The number of unbranched alkanes of at least 4 members (excludes halogenated alkanes) is 2. The zero-order valence-electron chi connectivity index (χ0n) is 40.6. The van der Waals surface area contributed by atoms with E-state index in [0.29, 0.717) is 50.8 Å². The van der Waals surface area contributed by atoms with Crippen LogP contribution in [0.1, 0.15) is 124 Å². The topological polar surface area (TPSA) is 195 Å². The zero-order chi connectivity index (χ0) is 48.4. The van der Waals surface area contributed by atoms with Crippen molar-refractivity contribution in [3.8, 4) is 0 Å². The first-order valence-electron chi connectivity index (χ1n) is 24.3. The van der Waals surface area contributed by atoms with Gasteiger partial charge in [-0.3, -0.25) is 38.5 Å². The molecule has 5 rings (SSSR count). The fourth-order valence-electron chi connectivity index (χ4n) is 10.8. The van der Waals surface area contributed by atoms with E-state index in [-0.39, 0.29) is 84.0 Å². The number of rotatable bonds is 24. The molecule has 3 heterocycles. The lowest BCUT2D eigenvalue weighted by Crippen LogP contribution is -2.60. The Labute approximate surface area is 391 Å². The van der Waals surface area contributed by atoms with Crippen LogP contribution in [-0.4, -0.2) is 149 Å². The minimum absolute atomic E-state index is 0.00313. The van der Waals surface area contributed by atoms with E-state index in [2.05, 4.69) is 10.6 Å². The van der Waals surface area contributed by atoms with Gasteiger partial charge in [-0.25, -0.2) is 0 Å². The van der Waals surface area contributed by atoms with Crippen LogP contribution in [0.2, 0.25) is 0 Å². The molecule has 16 heteroatoms. The lowest BCUT2D eigenvalue weighted by molar-refractivity contribution is -0.149. The van der Waals surface area contributed by atoms with E-state index < -0.39 is 48.4 Å². The number of hydrogen-bond donors (Lipinski definition) is 3. The van der Waals surface area contributed by atoms with Crippen LogP contribution in [0, 0.1) is 23.7 Å². The van der Waals surface area contributed by atoms with Gasteiger partial charge >= 0.3 is 0 Å². The summed E-state index contributed by atoms with van der Waals surface area (Å²) in [5.41, 5.74) is 0.693. The number of carbonyl (C=O) groups excluding carboxylic acids is 7. The smallest absolute Gasteiger partial charge is 0.253 e. The van der Waals surface area contributed by atoms with Gasteiger partial charge in [0, 0.05) is 59.0 Å². The number of likely N-dealkylation sites (tertiary alicyclic amines) is 2. The number of ether oxygens (including phenoxy) is 2. The highest BCUT2D eigenvalue weighted by atomic mass is 16.5. The number of fused-ring (bicyclic) bond motifs is 2. The molecule has 12 atom stereocenters. The van der Waals surface area contributed by atoms with E-state index in [9.17, 15) is 38.7 Å². The number of nitrogens with zero attached hydrogens (tertiary/aromatic N) is 4. The molecule has 0 unspecified atom stereocenters. The molecule has 1 saturated carbocycles. The minimum atomic E-state index is -0.904. The lowest BCUT2D eigenvalue weighted by Gasteiger charge is -2.41. The number of carbonyl (C=O) groups is 7. The summed E-state index contributed by atoms with van der Waals surface area (Å²) in [5.74, 6) is -2.90. The summed E-state index contributed by atoms with van der Waals surface area (Å²) in [6.45, 7) is 12.1. The van der Waals surface area contributed by atoms with Crippen molar-refractivity contribution in [2.75, 3.05) is 34.4 Å². The molecule has 1 aromatic rings. The van der Waals surface area contributed by atoms with Crippen LogP contribution in [0.3, 0.4) is 0 Å². The van der Waals surface area contributed by atoms with Crippen LogP contribution in [0.4, 0.5) is 0 Å². The molecule has 3 fully saturated rings. The standard InChI is InChI=1S/C50H76N6O10/c1-10-31(4)44(38(65-8)29-42(60)54-27-17-20-37(54)47(66-9)32(5)48(62)51-33(6)46(61)34-18-13-11-14-19-34)53(7)50(64)43(30(2)3)52-49(63)45-35-22-23-36(28-35)56(45)41(59)21-15-12-16-26-55-39(57)24-25-40(55)58/h11,13-14,18-19,24-25,30-33,35-38,43-47,61H,10,12,15-17,20-23,26-29H2,1-9H3,(H,51,62)(H,52,63)/t31-,32+,33+,35-,36+,37-,38-,43-,44-,45-,46-,47+/m0/s1. The number of benzene rings is 1. The summed E-state index contributed by atoms with van der Waals surface area (Å²) < 4.78 is 12.0. The maximum Gasteiger partial charge on any atom is 0.253 e. The Morgan fingerprint density at radius 1 is 0.879 bits per heavy atom. The monoisotopic (exact) mass is 921 g/mol. The molecule has 0 radical (unpaired) electrons. The van der Waals surface area contributed by atoms with E-state index in [4.69, 9.17) is 9.47 Å². The summed E-state index contributed by atoms with van der Waals surface area (Å²) in [5, 5.41) is 16.9. The molecule has 366 valence electrons. The van der Waals surface area contributed by atoms with Crippen LogP contribution < -0.4 is 10.6 Å². The fourth-order valence-corrected chi connectivity index (χ4v) is 10.8. The maximum absolute atomic E-state index is 14.7.